The zero-order valence-electron chi connectivity index (χ0n) is 18.4. The van der Waals surface area contributed by atoms with E-state index in [9.17, 15) is 9.59 Å². The van der Waals surface area contributed by atoms with E-state index < -0.39 is 5.91 Å². The number of para-hydroxylation sites is 1. The molecule has 0 radical (unpaired) electrons. The van der Waals surface area contributed by atoms with Crippen LogP contribution in [0, 0.1) is 13.8 Å². The van der Waals surface area contributed by atoms with Crippen molar-refractivity contribution < 1.29 is 19.1 Å². The van der Waals surface area contributed by atoms with Gasteiger partial charge in [-0.25, -0.2) is 4.90 Å². The Bertz CT molecular complexity index is 1230. The van der Waals surface area contributed by atoms with Crippen LogP contribution in [0.1, 0.15) is 16.7 Å². The topological polar surface area (TPSA) is 67.9 Å². The zero-order chi connectivity index (χ0) is 22.8. The number of nitrogens with zero attached hydrogens (tertiary/aromatic N) is 1. The molecule has 0 fully saturated rings. The third-order valence-corrected chi connectivity index (χ3v) is 5.43. The average molecular weight is 428 g/mol. The van der Waals surface area contributed by atoms with Gasteiger partial charge in [-0.3, -0.25) is 9.59 Å². The molecule has 1 aliphatic rings. The Labute approximate surface area is 187 Å². The van der Waals surface area contributed by atoms with Gasteiger partial charge in [0.1, 0.15) is 5.70 Å². The van der Waals surface area contributed by atoms with Gasteiger partial charge in [-0.05, 0) is 43.2 Å². The number of ether oxygens (including phenoxy) is 2. The van der Waals surface area contributed by atoms with Crippen molar-refractivity contribution in [3.63, 3.8) is 0 Å². The quantitative estimate of drug-likeness (QED) is 0.576. The van der Waals surface area contributed by atoms with E-state index in [4.69, 9.17) is 9.47 Å². The molecule has 0 unspecified atom stereocenters. The minimum Gasteiger partial charge on any atom is -0.493 e. The predicted octanol–water partition coefficient (Wildman–Crippen LogP) is 4.72. The van der Waals surface area contributed by atoms with E-state index in [1.165, 1.54) is 4.90 Å². The number of aryl methyl sites for hydroxylation is 2. The summed E-state index contributed by atoms with van der Waals surface area (Å²) < 4.78 is 10.7. The number of carbonyl (C=O) groups excluding carboxylic acids is 2. The molecular formula is C26H24N2O4. The maximum atomic E-state index is 13.5. The van der Waals surface area contributed by atoms with Crippen molar-refractivity contribution in [3.8, 4) is 11.5 Å². The number of carbonyl (C=O) groups is 2. The molecule has 0 saturated heterocycles. The molecule has 6 nitrogen and oxygen atoms in total. The van der Waals surface area contributed by atoms with Gasteiger partial charge in [0.05, 0.1) is 25.5 Å². The van der Waals surface area contributed by atoms with Gasteiger partial charge in [-0.2, -0.15) is 0 Å². The van der Waals surface area contributed by atoms with Crippen LogP contribution in [0.15, 0.2) is 72.4 Å². The van der Waals surface area contributed by atoms with Crippen LogP contribution < -0.4 is 19.7 Å². The fourth-order valence-corrected chi connectivity index (χ4v) is 3.73. The first-order valence-electron chi connectivity index (χ1n) is 10.2. The van der Waals surface area contributed by atoms with Crippen LogP contribution in [0.4, 0.5) is 11.4 Å². The van der Waals surface area contributed by atoms with Gasteiger partial charge >= 0.3 is 0 Å². The highest BCUT2D eigenvalue weighted by atomic mass is 16.5. The van der Waals surface area contributed by atoms with Crippen molar-refractivity contribution in [2.75, 3.05) is 24.4 Å². The molecule has 32 heavy (non-hydrogen) atoms. The zero-order valence-corrected chi connectivity index (χ0v) is 18.4. The number of hydrogen-bond donors (Lipinski definition) is 1. The largest absolute Gasteiger partial charge is 0.493 e. The fourth-order valence-electron chi connectivity index (χ4n) is 3.73. The molecular weight excluding hydrogens is 404 g/mol. The Morgan fingerprint density at radius 1 is 0.781 bits per heavy atom. The summed E-state index contributed by atoms with van der Waals surface area (Å²) in [5, 5.41) is 3.16. The summed E-state index contributed by atoms with van der Waals surface area (Å²) in [6.07, 6.45) is 0. The summed E-state index contributed by atoms with van der Waals surface area (Å²) in [6, 6.07) is 20.1. The number of nitrogens with one attached hydrogen (secondary N) is 1. The Hall–Kier alpha value is -4.06. The number of amides is 2. The lowest BCUT2D eigenvalue weighted by molar-refractivity contribution is -0.120. The summed E-state index contributed by atoms with van der Waals surface area (Å²) in [5.74, 6) is 0.314. The van der Waals surface area contributed by atoms with Crippen molar-refractivity contribution in [3.05, 3.63) is 89.1 Å². The Morgan fingerprint density at radius 3 is 2.12 bits per heavy atom. The molecule has 4 rings (SSSR count). The van der Waals surface area contributed by atoms with Crippen molar-refractivity contribution in [1.29, 1.82) is 0 Å². The second-order valence-electron chi connectivity index (χ2n) is 7.54. The van der Waals surface area contributed by atoms with Crippen LogP contribution in [0.5, 0.6) is 11.5 Å². The maximum Gasteiger partial charge on any atom is 0.282 e. The first-order chi connectivity index (χ1) is 15.4. The second-order valence-corrected chi connectivity index (χ2v) is 7.54. The molecule has 0 spiro atoms. The van der Waals surface area contributed by atoms with Crippen LogP contribution in [0.2, 0.25) is 0 Å². The smallest absolute Gasteiger partial charge is 0.282 e. The molecule has 0 aromatic heterocycles. The number of benzene rings is 3. The van der Waals surface area contributed by atoms with Crippen LogP contribution >= 0.6 is 0 Å². The Kier molecular flexibility index (Phi) is 5.69. The highest BCUT2D eigenvalue weighted by molar-refractivity contribution is 6.46. The number of rotatable bonds is 6. The first kappa shape index (κ1) is 21.2. The standard InChI is InChI=1S/C26H24N2O4/c1-16-9-11-18(12-10-16)23-24(27-19-13-14-21(31-3)22(15-19)32-4)26(30)28(25(23)29)20-8-6-5-7-17(20)2/h5-15,27H,1-4H3. The second kappa shape index (κ2) is 8.59. The number of imide groups is 1. The minimum atomic E-state index is -0.408. The molecule has 0 saturated carbocycles. The molecule has 162 valence electrons. The van der Waals surface area contributed by atoms with Crippen LogP contribution in [0.25, 0.3) is 5.57 Å². The summed E-state index contributed by atoms with van der Waals surface area (Å²) in [7, 11) is 3.10. The average Bonchev–Trinajstić information content (AvgIpc) is 3.04. The molecule has 0 atom stereocenters. The van der Waals surface area contributed by atoms with E-state index in [0.29, 0.717) is 34.0 Å². The molecule has 2 amide bonds. The SMILES string of the molecule is COc1ccc(NC2=C(c3ccc(C)cc3)C(=O)N(c3ccccc3C)C2=O)cc1OC. The number of hydrogen-bond acceptors (Lipinski definition) is 5. The molecule has 0 bridgehead atoms. The maximum absolute atomic E-state index is 13.5. The van der Waals surface area contributed by atoms with E-state index in [2.05, 4.69) is 5.32 Å². The van der Waals surface area contributed by atoms with E-state index in [1.54, 1.807) is 38.5 Å². The third-order valence-electron chi connectivity index (χ3n) is 5.43. The molecule has 0 aliphatic carbocycles. The molecule has 3 aromatic carbocycles. The fraction of sp³-hybridized carbons (Fsp3) is 0.154. The van der Waals surface area contributed by atoms with Crippen LogP contribution in [0.3, 0.4) is 0 Å². The normalized spacial score (nSPS) is 13.6. The lowest BCUT2D eigenvalue weighted by Crippen LogP contribution is -2.33. The predicted molar refractivity (Wildman–Crippen MR) is 125 cm³/mol. The minimum absolute atomic E-state index is 0.217. The molecule has 6 heteroatoms. The summed E-state index contributed by atoms with van der Waals surface area (Å²) >= 11 is 0. The van der Waals surface area contributed by atoms with E-state index in [1.807, 2.05) is 56.3 Å². The van der Waals surface area contributed by atoms with Crippen molar-refractivity contribution >= 4 is 28.8 Å². The van der Waals surface area contributed by atoms with Crippen molar-refractivity contribution in [1.82, 2.24) is 0 Å². The van der Waals surface area contributed by atoms with Gasteiger partial charge in [-0.1, -0.05) is 48.0 Å². The molecule has 1 heterocycles. The lowest BCUT2D eigenvalue weighted by Gasteiger charge is -2.18. The van der Waals surface area contributed by atoms with Gasteiger partial charge in [0.25, 0.3) is 11.8 Å². The van der Waals surface area contributed by atoms with Gasteiger partial charge < -0.3 is 14.8 Å². The van der Waals surface area contributed by atoms with Crippen molar-refractivity contribution in [2.24, 2.45) is 0 Å². The Balaban J connectivity index is 1.83. The van der Waals surface area contributed by atoms with Crippen LogP contribution in [-0.4, -0.2) is 26.0 Å². The molecule has 1 aliphatic heterocycles. The van der Waals surface area contributed by atoms with E-state index >= 15 is 0 Å². The molecule has 3 aromatic rings. The third kappa shape index (κ3) is 3.71. The molecule has 1 N–H and O–H groups in total. The highest BCUT2D eigenvalue weighted by Crippen LogP contribution is 2.36. The number of anilines is 2. The Morgan fingerprint density at radius 2 is 1.47 bits per heavy atom. The summed E-state index contributed by atoms with van der Waals surface area (Å²) in [6.45, 7) is 3.85. The lowest BCUT2D eigenvalue weighted by atomic mass is 10.0. The van der Waals surface area contributed by atoms with E-state index in [0.717, 1.165) is 11.1 Å². The number of methoxy groups -OCH3 is 2. The first-order valence-corrected chi connectivity index (χ1v) is 10.2. The highest BCUT2D eigenvalue weighted by Gasteiger charge is 2.40. The summed E-state index contributed by atoms with van der Waals surface area (Å²) in [5.41, 5.74) is 4.29. The van der Waals surface area contributed by atoms with Gasteiger partial charge in [0, 0.05) is 11.8 Å². The summed E-state index contributed by atoms with van der Waals surface area (Å²) in [4.78, 5) is 28.3. The van der Waals surface area contributed by atoms with Crippen molar-refractivity contribution in [2.45, 2.75) is 13.8 Å². The van der Waals surface area contributed by atoms with E-state index in [-0.39, 0.29) is 11.6 Å². The van der Waals surface area contributed by atoms with Gasteiger partial charge in [0.2, 0.25) is 0 Å². The van der Waals surface area contributed by atoms with Gasteiger partial charge in [-0.15, -0.1) is 0 Å². The monoisotopic (exact) mass is 428 g/mol. The van der Waals surface area contributed by atoms with Gasteiger partial charge in [0.15, 0.2) is 11.5 Å². The van der Waals surface area contributed by atoms with Crippen LogP contribution in [-0.2, 0) is 9.59 Å².